The van der Waals surface area contributed by atoms with Crippen molar-refractivity contribution in [3.05, 3.63) is 77.6 Å². The summed E-state index contributed by atoms with van der Waals surface area (Å²) in [6.45, 7) is 0.493. The molecule has 0 unspecified atom stereocenters. The number of aromatic nitrogens is 2. The number of para-hydroxylation sites is 2. The molecule has 7 nitrogen and oxygen atoms in total. The molecule has 0 saturated heterocycles. The summed E-state index contributed by atoms with van der Waals surface area (Å²) in [6.07, 6.45) is 0. The molecule has 31 heavy (non-hydrogen) atoms. The first-order chi connectivity index (χ1) is 15.2. The fourth-order valence-electron chi connectivity index (χ4n) is 3.41. The zero-order chi connectivity index (χ0) is 21.2. The minimum Gasteiger partial charge on any atom is -0.486 e. The summed E-state index contributed by atoms with van der Waals surface area (Å²) >= 11 is 5.93. The summed E-state index contributed by atoms with van der Waals surface area (Å²) in [7, 11) is 0. The highest BCUT2D eigenvalue weighted by Gasteiger charge is 2.17. The molecular weight excluding hydrogens is 418 g/mol. The quantitative estimate of drug-likeness (QED) is 0.477. The van der Waals surface area contributed by atoms with Crippen LogP contribution in [0.5, 0.6) is 17.2 Å². The van der Waals surface area contributed by atoms with Gasteiger partial charge in [-0.1, -0.05) is 23.7 Å². The van der Waals surface area contributed by atoms with Gasteiger partial charge in [-0.05, 0) is 48.5 Å². The lowest BCUT2D eigenvalue weighted by Gasteiger charge is -2.11. The number of fused-ring (bicyclic) bond motifs is 2. The van der Waals surface area contributed by atoms with Crippen molar-refractivity contribution in [1.82, 2.24) is 9.55 Å². The zero-order valence-electron chi connectivity index (χ0n) is 16.4. The van der Waals surface area contributed by atoms with E-state index in [-0.39, 0.29) is 25.9 Å². The van der Waals surface area contributed by atoms with Gasteiger partial charge in [0, 0.05) is 16.8 Å². The zero-order valence-corrected chi connectivity index (χ0v) is 17.1. The molecule has 0 atom stereocenters. The maximum atomic E-state index is 12.8. The summed E-state index contributed by atoms with van der Waals surface area (Å²) in [5.74, 6) is 2.42. The first-order valence-electron chi connectivity index (χ1n) is 9.68. The SMILES string of the molecule is O=C(Cn1c(COc2ccc(Cl)cc2)nc2ccccc21)Nc1ccc2c(c1)OCO2. The van der Waals surface area contributed by atoms with Gasteiger partial charge in [-0.25, -0.2) is 4.98 Å². The van der Waals surface area contributed by atoms with Gasteiger partial charge in [0.05, 0.1) is 11.0 Å². The molecule has 1 aliphatic rings. The molecule has 5 rings (SSSR count). The van der Waals surface area contributed by atoms with E-state index in [0.29, 0.717) is 33.8 Å². The van der Waals surface area contributed by atoms with Gasteiger partial charge in [0.15, 0.2) is 11.5 Å². The third-order valence-electron chi connectivity index (χ3n) is 4.87. The second-order valence-electron chi connectivity index (χ2n) is 6.96. The van der Waals surface area contributed by atoms with Crippen molar-refractivity contribution in [3.63, 3.8) is 0 Å². The van der Waals surface area contributed by atoms with Gasteiger partial charge in [-0.2, -0.15) is 0 Å². The molecule has 1 aromatic heterocycles. The van der Waals surface area contributed by atoms with Crippen LogP contribution in [0.4, 0.5) is 5.69 Å². The van der Waals surface area contributed by atoms with Crippen molar-refractivity contribution in [2.45, 2.75) is 13.2 Å². The van der Waals surface area contributed by atoms with E-state index in [2.05, 4.69) is 10.3 Å². The molecule has 2 heterocycles. The van der Waals surface area contributed by atoms with E-state index in [0.717, 1.165) is 11.0 Å². The molecule has 0 radical (unpaired) electrons. The molecule has 3 aromatic carbocycles. The Morgan fingerprint density at radius 2 is 1.87 bits per heavy atom. The van der Waals surface area contributed by atoms with Gasteiger partial charge in [-0.15, -0.1) is 0 Å². The maximum absolute atomic E-state index is 12.8. The number of carbonyl (C=O) groups is 1. The summed E-state index contributed by atoms with van der Waals surface area (Å²) in [5.41, 5.74) is 2.30. The van der Waals surface area contributed by atoms with Gasteiger partial charge >= 0.3 is 0 Å². The Balaban J connectivity index is 1.35. The van der Waals surface area contributed by atoms with Crippen molar-refractivity contribution < 1.29 is 19.0 Å². The van der Waals surface area contributed by atoms with Crippen molar-refractivity contribution >= 4 is 34.2 Å². The maximum Gasteiger partial charge on any atom is 0.244 e. The Morgan fingerprint density at radius 3 is 2.74 bits per heavy atom. The number of nitrogens with one attached hydrogen (secondary N) is 1. The Morgan fingerprint density at radius 1 is 1.06 bits per heavy atom. The molecular formula is C23H18ClN3O4. The topological polar surface area (TPSA) is 74.6 Å². The van der Waals surface area contributed by atoms with E-state index in [1.165, 1.54) is 0 Å². The number of imidazole rings is 1. The second-order valence-corrected chi connectivity index (χ2v) is 7.40. The molecule has 8 heteroatoms. The molecule has 156 valence electrons. The fraction of sp³-hybridized carbons (Fsp3) is 0.130. The number of rotatable bonds is 6. The molecule has 1 aliphatic heterocycles. The molecule has 0 aliphatic carbocycles. The van der Waals surface area contributed by atoms with E-state index in [9.17, 15) is 4.79 Å². The number of ether oxygens (including phenoxy) is 3. The molecule has 0 fully saturated rings. The summed E-state index contributed by atoms with van der Waals surface area (Å²) < 4.78 is 18.4. The monoisotopic (exact) mass is 435 g/mol. The van der Waals surface area contributed by atoms with E-state index >= 15 is 0 Å². The highest BCUT2D eigenvalue weighted by molar-refractivity contribution is 6.30. The molecule has 4 aromatic rings. The van der Waals surface area contributed by atoms with Crippen LogP contribution in [0.25, 0.3) is 11.0 Å². The van der Waals surface area contributed by atoms with Crippen molar-refractivity contribution in [1.29, 1.82) is 0 Å². The highest BCUT2D eigenvalue weighted by atomic mass is 35.5. The van der Waals surface area contributed by atoms with E-state index in [1.54, 1.807) is 42.5 Å². The number of amides is 1. The largest absolute Gasteiger partial charge is 0.486 e. The van der Waals surface area contributed by atoms with Gasteiger partial charge in [0.1, 0.15) is 24.7 Å². The number of benzene rings is 3. The predicted molar refractivity (Wildman–Crippen MR) is 117 cm³/mol. The average molecular weight is 436 g/mol. The van der Waals surface area contributed by atoms with Crippen molar-refractivity contribution in [3.8, 4) is 17.2 Å². The van der Waals surface area contributed by atoms with Crippen molar-refractivity contribution in [2.24, 2.45) is 0 Å². The van der Waals surface area contributed by atoms with Crippen LogP contribution in [-0.2, 0) is 17.9 Å². The molecule has 1 amide bonds. The third kappa shape index (κ3) is 4.13. The van der Waals surface area contributed by atoms with Gasteiger partial charge in [0.2, 0.25) is 12.7 Å². The van der Waals surface area contributed by atoms with E-state index < -0.39 is 0 Å². The van der Waals surface area contributed by atoms with Crippen LogP contribution in [0.3, 0.4) is 0 Å². The number of hydrogen-bond acceptors (Lipinski definition) is 5. The second kappa shape index (κ2) is 8.20. The Labute approximate surface area is 183 Å². The standard InChI is InChI=1S/C23H18ClN3O4/c24-15-5-8-17(9-6-15)29-13-22-26-18-3-1-2-4-19(18)27(22)12-23(28)25-16-7-10-20-21(11-16)31-14-30-20/h1-11H,12-14H2,(H,25,28). The lowest BCUT2D eigenvalue weighted by atomic mass is 10.2. The lowest BCUT2D eigenvalue weighted by Crippen LogP contribution is -2.20. The van der Waals surface area contributed by atoms with E-state index in [4.69, 9.17) is 25.8 Å². The minimum absolute atomic E-state index is 0.0915. The molecule has 0 bridgehead atoms. The number of halogens is 1. The van der Waals surface area contributed by atoms with Gasteiger partial charge in [-0.3, -0.25) is 4.79 Å². The average Bonchev–Trinajstić information content (AvgIpc) is 3.38. The summed E-state index contributed by atoms with van der Waals surface area (Å²) in [5, 5.41) is 3.54. The van der Waals surface area contributed by atoms with Crippen LogP contribution in [0.1, 0.15) is 5.82 Å². The molecule has 1 N–H and O–H groups in total. The Hall–Kier alpha value is -3.71. The van der Waals surface area contributed by atoms with E-state index in [1.807, 2.05) is 28.8 Å². The van der Waals surface area contributed by atoms with Crippen LogP contribution in [0.15, 0.2) is 66.7 Å². The van der Waals surface area contributed by atoms with Crippen LogP contribution < -0.4 is 19.5 Å². The molecule has 0 spiro atoms. The van der Waals surface area contributed by atoms with Gasteiger partial charge in [0.25, 0.3) is 0 Å². The Bertz CT molecular complexity index is 1250. The summed E-state index contributed by atoms with van der Waals surface area (Å²) in [4.78, 5) is 17.4. The van der Waals surface area contributed by atoms with Crippen LogP contribution in [0.2, 0.25) is 5.02 Å². The minimum atomic E-state index is -0.185. The normalized spacial score (nSPS) is 12.2. The number of nitrogens with zero attached hydrogens (tertiary/aromatic N) is 2. The summed E-state index contributed by atoms with van der Waals surface area (Å²) in [6, 6.07) is 20.1. The first-order valence-corrected chi connectivity index (χ1v) is 10.1. The lowest BCUT2D eigenvalue weighted by molar-refractivity contribution is -0.116. The van der Waals surface area contributed by atoms with Crippen LogP contribution in [-0.4, -0.2) is 22.3 Å². The number of hydrogen-bond donors (Lipinski definition) is 1. The van der Waals surface area contributed by atoms with Crippen molar-refractivity contribution in [2.75, 3.05) is 12.1 Å². The Kier molecular flexibility index (Phi) is 5.09. The first kappa shape index (κ1) is 19.3. The van der Waals surface area contributed by atoms with Crippen LogP contribution in [0, 0.1) is 0 Å². The van der Waals surface area contributed by atoms with Gasteiger partial charge < -0.3 is 24.1 Å². The number of anilines is 1. The third-order valence-corrected chi connectivity index (χ3v) is 5.13. The number of carbonyl (C=O) groups excluding carboxylic acids is 1. The predicted octanol–water partition coefficient (Wildman–Crippen LogP) is 4.64. The highest BCUT2D eigenvalue weighted by Crippen LogP contribution is 2.34. The smallest absolute Gasteiger partial charge is 0.244 e. The van der Waals surface area contributed by atoms with Crippen LogP contribution >= 0.6 is 11.6 Å². The fourth-order valence-corrected chi connectivity index (χ4v) is 3.54. The molecule has 0 saturated carbocycles.